The minimum absolute atomic E-state index is 0.414. The SMILES string of the molecule is CCCC(C)(C(=O)OC(=O)C(C)(C)C)c1cc2cc(OCc3nc(C)cs3)ccn2c1. The van der Waals surface area contributed by atoms with Gasteiger partial charge in [-0.25, -0.2) is 4.98 Å². The van der Waals surface area contributed by atoms with Crippen LogP contribution in [0.3, 0.4) is 0 Å². The fourth-order valence-electron chi connectivity index (χ4n) is 3.31. The van der Waals surface area contributed by atoms with Crippen LogP contribution in [0.2, 0.25) is 0 Å². The van der Waals surface area contributed by atoms with Crippen LogP contribution in [0.4, 0.5) is 0 Å². The van der Waals surface area contributed by atoms with E-state index in [1.807, 2.05) is 61.1 Å². The average molecular weight is 443 g/mol. The van der Waals surface area contributed by atoms with E-state index >= 15 is 0 Å². The smallest absolute Gasteiger partial charge is 0.323 e. The van der Waals surface area contributed by atoms with Crippen molar-refractivity contribution in [3.63, 3.8) is 0 Å². The molecular weight excluding hydrogens is 412 g/mol. The number of ether oxygens (including phenoxy) is 2. The van der Waals surface area contributed by atoms with Gasteiger partial charge in [0.05, 0.1) is 10.8 Å². The predicted octanol–water partition coefficient (Wildman–Crippen LogP) is 5.46. The number of carbonyl (C=O) groups excluding carboxylic acids is 2. The molecule has 0 amide bonds. The minimum Gasteiger partial charge on any atom is -0.486 e. The van der Waals surface area contributed by atoms with Crippen molar-refractivity contribution in [2.24, 2.45) is 5.41 Å². The number of fused-ring (bicyclic) bond motifs is 1. The summed E-state index contributed by atoms with van der Waals surface area (Å²) in [5.41, 5.74) is 1.05. The van der Waals surface area contributed by atoms with E-state index < -0.39 is 22.8 Å². The van der Waals surface area contributed by atoms with Crippen molar-refractivity contribution in [1.82, 2.24) is 9.38 Å². The summed E-state index contributed by atoms with van der Waals surface area (Å²) < 4.78 is 13.1. The van der Waals surface area contributed by atoms with E-state index in [4.69, 9.17) is 9.47 Å². The zero-order valence-corrected chi connectivity index (χ0v) is 19.8. The second kappa shape index (κ2) is 8.83. The second-order valence-corrected chi connectivity index (χ2v) is 10.0. The average Bonchev–Trinajstić information content (AvgIpc) is 3.31. The standard InChI is InChI=1S/C24H30N2O4S/c1-7-9-24(6,22(28)30-21(27)23(3,4)5)17-11-18-12-19(8-10-26(18)13-17)29-14-20-25-16(2)15-31-20/h8,10-13,15H,7,9,14H2,1-6H3. The molecule has 0 N–H and O–H groups in total. The van der Waals surface area contributed by atoms with Crippen LogP contribution in [0, 0.1) is 12.3 Å². The van der Waals surface area contributed by atoms with Gasteiger partial charge in [-0.1, -0.05) is 13.3 Å². The number of nitrogens with zero attached hydrogens (tertiary/aromatic N) is 2. The van der Waals surface area contributed by atoms with Crippen LogP contribution >= 0.6 is 11.3 Å². The van der Waals surface area contributed by atoms with E-state index in [1.54, 1.807) is 32.1 Å². The van der Waals surface area contributed by atoms with E-state index in [2.05, 4.69) is 4.98 Å². The Bertz CT molecular complexity index is 1090. The summed E-state index contributed by atoms with van der Waals surface area (Å²) in [5.74, 6) is -0.301. The number of hydrogen-bond acceptors (Lipinski definition) is 6. The van der Waals surface area contributed by atoms with Gasteiger partial charge in [0.25, 0.3) is 0 Å². The topological polar surface area (TPSA) is 69.9 Å². The molecule has 0 aromatic carbocycles. The van der Waals surface area contributed by atoms with Gasteiger partial charge in [-0.2, -0.15) is 0 Å². The highest BCUT2D eigenvalue weighted by molar-refractivity contribution is 7.09. The van der Waals surface area contributed by atoms with Crippen LogP contribution in [0.15, 0.2) is 36.0 Å². The normalized spacial score (nSPS) is 13.7. The van der Waals surface area contributed by atoms with Crippen LogP contribution < -0.4 is 4.74 Å². The van der Waals surface area contributed by atoms with E-state index in [0.717, 1.165) is 34.0 Å². The lowest BCUT2D eigenvalue weighted by Gasteiger charge is -2.27. The minimum atomic E-state index is -0.916. The van der Waals surface area contributed by atoms with Gasteiger partial charge in [0.1, 0.15) is 17.4 Å². The maximum atomic E-state index is 13.0. The van der Waals surface area contributed by atoms with Gasteiger partial charge in [0, 0.05) is 35.1 Å². The highest BCUT2D eigenvalue weighted by Gasteiger charge is 2.40. The van der Waals surface area contributed by atoms with Crippen LogP contribution in [0.25, 0.3) is 5.52 Å². The quantitative estimate of drug-likeness (QED) is 0.359. The Morgan fingerprint density at radius 1 is 1.16 bits per heavy atom. The number of hydrogen-bond donors (Lipinski definition) is 0. The van der Waals surface area contributed by atoms with E-state index in [1.165, 1.54) is 0 Å². The summed E-state index contributed by atoms with van der Waals surface area (Å²) in [4.78, 5) is 29.7. The third-order valence-corrected chi connectivity index (χ3v) is 6.17. The summed E-state index contributed by atoms with van der Waals surface area (Å²) >= 11 is 1.57. The van der Waals surface area contributed by atoms with Gasteiger partial charge in [-0.3, -0.25) is 9.59 Å². The van der Waals surface area contributed by atoms with E-state index in [0.29, 0.717) is 13.0 Å². The van der Waals surface area contributed by atoms with Gasteiger partial charge in [0.2, 0.25) is 0 Å². The molecular formula is C24H30N2O4S. The Kier molecular flexibility index (Phi) is 6.55. The molecule has 0 radical (unpaired) electrons. The van der Waals surface area contributed by atoms with Crippen molar-refractivity contribution < 1.29 is 19.1 Å². The van der Waals surface area contributed by atoms with Crippen LogP contribution in [0.5, 0.6) is 5.75 Å². The summed E-state index contributed by atoms with van der Waals surface area (Å²) in [6, 6.07) is 5.77. The van der Waals surface area contributed by atoms with Gasteiger partial charge >= 0.3 is 11.9 Å². The molecule has 0 bridgehead atoms. The fourth-order valence-corrected chi connectivity index (χ4v) is 3.99. The fraction of sp³-hybridized carbons (Fsp3) is 0.458. The molecule has 3 heterocycles. The van der Waals surface area contributed by atoms with Crippen molar-refractivity contribution >= 4 is 28.8 Å². The first-order chi connectivity index (χ1) is 14.5. The summed E-state index contributed by atoms with van der Waals surface area (Å²) in [7, 11) is 0. The van der Waals surface area contributed by atoms with Crippen molar-refractivity contribution in [3.05, 3.63) is 52.2 Å². The third kappa shape index (κ3) is 5.15. The predicted molar refractivity (Wildman–Crippen MR) is 121 cm³/mol. The largest absolute Gasteiger partial charge is 0.486 e. The molecule has 6 nitrogen and oxygen atoms in total. The van der Waals surface area contributed by atoms with Gasteiger partial charge in [-0.15, -0.1) is 11.3 Å². The molecule has 0 saturated carbocycles. The van der Waals surface area contributed by atoms with Crippen LogP contribution in [-0.4, -0.2) is 21.3 Å². The first-order valence-electron chi connectivity index (χ1n) is 10.5. The summed E-state index contributed by atoms with van der Waals surface area (Å²) in [6.45, 7) is 11.4. The number of thiazole rings is 1. The van der Waals surface area contributed by atoms with Crippen molar-refractivity contribution in [1.29, 1.82) is 0 Å². The Hall–Kier alpha value is -2.67. The lowest BCUT2D eigenvalue weighted by atomic mass is 9.80. The van der Waals surface area contributed by atoms with Crippen molar-refractivity contribution in [2.75, 3.05) is 0 Å². The molecule has 0 saturated heterocycles. The van der Waals surface area contributed by atoms with Gasteiger partial charge in [0.15, 0.2) is 0 Å². The number of aromatic nitrogens is 2. The molecule has 3 rings (SSSR count). The number of esters is 2. The van der Waals surface area contributed by atoms with Crippen LogP contribution in [-0.2, 0) is 26.3 Å². The molecule has 31 heavy (non-hydrogen) atoms. The Morgan fingerprint density at radius 3 is 2.52 bits per heavy atom. The molecule has 0 aliphatic rings. The number of pyridine rings is 1. The first-order valence-corrected chi connectivity index (χ1v) is 11.3. The molecule has 3 aromatic heterocycles. The molecule has 1 atom stereocenters. The van der Waals surface area contributed by atoms with Gasteiger partial charge < -0.3 is 13.9 Å². The number of aryl methyl sites for hydroxylation is 1. The van der Waals surface area contributed by atoms with Crippen LogP contribution in [0.1, 0.15) is 63.7 Å². The highest BCUT2D eigenvalue weighted by atomic mass is 32.1. The Labute approximate surface area is 187 Å². The Balaban J connectivity index is 1.84. The zero-order chi connectivity index (χ0) is 22.8. The monoisotopic (exact) mass is 442 g/mol. The summed E-state index contributed by atoms with van der Waals surface area (Å²) in [5, 5.41) is 2.93. The molecule has 3 aromatic rings. The molecule has 0 spiro atoms. The zero-order valence-electron chi connectivity index (χ0n) is 19.0. The number of rotatable bonds is 7. The molecule has 1 unspecified atom stereocenters. The van der Waals surface area contributed by atoms with Gasteiger partial charge in [-0.05, 0) is 58.7 Å². The number of carbonyl (C=O) groups is 2. The van der Waals surface area contributed by atoms with Crippen molar-refractivity contribution in [2.45, 2.75) is 66.4 Å². The van der Waals surface area contributed by atoms with Crippen molar-refractivity contribution in [3.8, 4) is 5.75 Å². The highest BCUT2D eigenvalue weighted by Crippen LogP contribution is 2.34. The molecule has 0 aliphatic heterocycles. The maximum Gasteiger partial charge on any atom is 0.323 e. The molecule has 0 fully saturated rings. The third-order valence-electron chi connectivity index (χ3n) is 5.23. The molecule has 166 valence electrons. The van der Waals surface area contributed by atoms with E-state index in [-0.39, 0.29) is 0 Å². The maximum absolute atomic E-state index is 13.0. The van der Waals surface area contributed by atoms with E-state index in [9.17, 15) is 9.59 Å². The Morgan fingerprint density at radius 2 is 1.90 bits per heavy atom. The second-order valence-electron chi connectivity index (χ2n) is 9.10. The molecule has 0 aliphatic carbocycles. The lowest BCUT2D eigenvalue weighted by Crippen LogP contribution is -2.38. The first kappa shape index (κ1) is 23.0. The molecule has 7 heteroatoms. The summed E-state index contributed by atoms with van der Waals surface area (Å²) in [6.07, 6.45) is 5.18. The lowest BCUT2D eigenvalue weighted by molar-refractivity contribution is -0.169.